The summed E-state index contributed by atoms with van der Waals surface area (Å²) in [5.74, 6) is -0.502. The molecule has 8 heteroatoms. The molecule has 6 atom stereocenters. The van der Waals surface area contributed by atoms with E-state index < -0.39 is 25.9 Å². The van der Waals surface area contributed by atoms with Crippen molar-refractivity contribution in [2.24, 2.45) is 0 Å². The van der Waals surface area contributed by atoms with Crippen LogP contribution in [0, 0.1) is 13.8 Å². The predicted molar refractivity (Wildman–Crippen MR) is 202 cm³/mol. The lowest BCUT2D eigenvalue weighted by Crippen LogP contribution is -2.26. The number of halogens is 2. The van der Waals surface area contributed by atoms with Gasteiger partial charge in [0.05, 0.1) is 16.5 Å². The first-order chi connectivity index (χ1) is 22.6. The molecule has 0 bridgehead atoms. The van der Waals surface area contributed by atoms with Crippen molar-refractivity contribution in [1.29, 1.82) is 0 Å². The first kappa shape index (κ1) is 39.7. The van der Waals surface area contributed by atoms with Crippen LogP contribution in [-0.2, 0) is 26.0 Å². The van der Waals surface area contributed by atoms with E-state index in [2.05, 4.69) is 48.1 Å². The molecule has 6 rings (SSSR count). The lowest BCUT2D eigenvalue weighted by atomic mass is 10.0. The van der Waals surface area contributed by atoms with Gasteiger partial charge >= 0.3 is 0 Å². The Labute approximate surface area is 300 Å². The van der Waals surface area contributed by atoms with Gasteiger partial charge < -0.3 is 4.74 Å². The molecule has 0 N–H and O–H groups in total. The topological polar surface area (TPSA) is 66.8 Å². The van der Waals surface area contributed by atoms with Gasteiger partial charge in [-0.3, -0.25) is 4.79 Å². The Morgan fingerprint density at radius 2 is 1.33 bits per heavy atom. The fourth-order valence-corrected chi connectivity index (χ4v) is 7.68. The van der Waals surface area contributed by atoms with Gasteiger partial charge in [-0.25, -0.2) is 12.8 Å². The molecule has 4 aromatic rings. The number of sulfonamides is 1. The number of Topliss-reactive ketones (excluding diaryl/α,β-unsaturated/α-hetero) is 1. The molecule has 2 fully saturated rings. The molecule has 0 saturated carbocycles. The second kappa shape index (κ2) is 15.9. The molecule has 5 nitrogen and oxygen atoms in total. The molecular weight excluding hydrogens is 701 g/mol. The monoisotopic (exact) mass is 747 g/mol. The number of rotatable bonds is 9. The number of ether oxygens (including phenoxy) is 1. The third-order valence-corrected chi connectivity index (χ3v) is 11.5. The Balaban J connectivity index is 0.000000209. The maximum atomic E-state index is 13.6. The minimum absolute atomic E-state index is 0. The molecule has 49 heavy (non-hydrogen) atoms. The number of nitrogens with zero attached hydrogens (tertiary/aromatic N) is 1. The van der Waals surface area contributed by atoms with Crippen LogP contribution in [0.3, 0.4) is 0 Å². The number of aryl methyl sites for hydroxylation is 2. The van der Waals surface area contributed by atoms with E-state index in [4.69, 9.17) is 4.74 Å². The van der Waals surface area contributed by atoms with Gasteiger partial charge in [-0.15, -0.1) is 13.2 Å². The highest BCUT2D eigenvalue weighted by Gasteiger charge is 2.64. The summed E-state index contributed by atoms with van der Waals surface area (Å²) in [6, 6.07) is 34.1. The summed E-state index contributed by atoms with van der Waals surface area (Å²) in [6.07, 6.45) is 3.88. The number of ketones is 1. The number of epoxide rings is 1. The fourth-order valence-electron chi connectivity index (χ4n) is 5.39. The summed E-state index contributed by atoms with van der Waals surface area (Å²) in [4.78, 5) is 11.2. The van der Waals surface area contributed by atoms with Crippen molar-refractivity contribution >= 4 is 31.7 Å². The Kier molecular flexibility index (Phi) is 12.9. The Bertz CT molecular complexity index is 1830. The van der Waals surface area contributed by atoms with Crippen molar-refractivity contribution in [3.8, 4) is 0 Å². The minimum Gasteiger partial charge on any atom is -0.357 e. The number of carbonyl (C=O) groups is 1. The molecule has 0 radical (unpaired) electrons. The van der Waals surface area contributed by atoms with Gasteiger partial charge in [0.1, 0.15) is 11.7 Å². The largest absolute Gasteiger partial charge is 0.357 e. The summed E-state index contributed by atoms with van der Waals surface area (Å²) in [7, 11) is -3.54. The second-order valence-corrected chi connectivity index (χ2v) is 15.6. The van der Waals surface area contributed by atoms with Crippen LogP contribution in [0.4, 0.5) is 4.39 Å². The van der Waals surface area contributed by atoms with E-state index >= 15 is 0 Å². The predicted octanol–water partition coefficient (Wildman–Crippen LogP) is 10.2. The lowest BCUT2D eigenvalue weighted by Gasteiger charge is -2.14. The summed E-state index contributed by atoms with van der Waals surface area (Å²) in [5.41, 5.74) is 4.49. The van der Waals surface area contributed by atoms with Gasteiger partial charge in [0.25, 0.3) is 0 Å². The van der Waals surface area contributed by atoms with Crippen LogP contribution in [0.25, 0.3) is 0 Å². The van der Waals surface area contributed by atoms with Gasteiger partial charge in [0.2, 0.25) is 14.6 Å². The van der Waals surface area contributed by atoms with Gasteiger partial charge in [0, 0.05) is 6.42 Å². The molecule has 4 aromatic carbocycles. The minimum atomic E-state index is -3.54. The van der Waals surface area contributed by atoms with Crippen molar-refractivity contribution in [1.82, 2.24) is 4.31 Å². The highest BCUT2D eigenvalue weighted by Crippen LogP contribution is 2.57. The van der Waals surface area contributed by atoms with Crippen molar-refractivity contribution in [3.63, 3.8) is 0 Å². The zero-order chi connectivity index (χ0) is 35.3. The summed E-state index contributed by atoms with van der Waals surface area (Å²) < 4.78 is 44.6. The normalized spacial score (nSPS) is 24.6. The molecule has 260 valence electrons. The molecule has 2 aliphatic rings. The van der Waals surface area contributed by atoms with Crippen molar-refractivity contribution in [2.75, 3.05) is 0 Å². The summed E-state index contributed by atoms with van der Waals surface area (Å²) in [6.45, 7) is 16.7. The molecule has 0 aromatic heterocycles. The average Bonchev–Trinajstić information content (AvgIpc) is 3.96. The molecule has 2 aliphatic heterocycles. The number of hydrogen-bond donors (Lipinski definition) is 0. The highest BCUT2D eigenvalue weighted by molar-refractivity contribution is 9.10. The van der Waals surface area contributed by atoms with Crippen LogP contribution in [0.2, 0.25) is 0 Å². The van der Waals surface area contributed by atoms with E-state index in [1.807, 2.05) is 112 Å². The zero-order valence-electron chi connectivity index (χ0n) is 28.1. The van der Waals surface area contributed by atoms with E-state index in [9.17, 15) is 17.6 Å². The number of carbonyl (C=O) groups excluding carboxylic acids is 1. The lowest BCUT2D eigenvalue weighted by molar-refractivity contribution is -0.122. The van der Waals surface area contributed by atoms with Gasteiger partial charge in [-0.05, 0) is 79.4 Å². The summed E-state index contributed by atoms with van der Waals surface area (Å²) >= 11 is 2.79. The fraction of sp³-hybridized carbons (Fsp3) is 0.293. The molecule has 0 amide bonds. The van der Waals surface area contributed by atoms with E-state index in [0.29, 0.717) is 4.90 Å². The molecule has 0 aliphatic carbocycles. The van der Waals surface area contributed by atoms with Crippen molar-refractivity contribution < 1.29 is 22.3 Å². The molecule has 6 unspecified atom stereocenters. The van der Waals surface area contributed by atoms with Crippen LogP contribution in [0.15, 0.2) is 139 Å². The van der Waals surface area contributed by atoms with E-state index in [1.54, 1.807) is 18.2 Å². The zero-order valence-corrected chi connectivity index (χ0v) is 30.5. The number of benzene rings is 4. The first-order valence-electron chi connectivity index (χ1n) is 15.7. The smallest absolute Gasteiger partial charge is 0.244 e. The molecular formula is C41H47BrFNO4S. The van der Waals surface area contributed by atoms with Gasteiger partial charge in [-0.1, -0.05) is 128 Å². The van der Waals surface area contributed by atoms with Crippen LogP contribution in [0.5, 0.6) is 0 Å². The van der Waals surface area contributed by atoms with Crippen LogP contribution in [0.1, 0.15) is 68.2 Å². The van der Waals surface area contributed by atoms with Gasteiger partial charge in [0.15, 0.2) is 5.78 Å². The van der Waals surface area contributed by atoms with Gasteiger partial charge in [-0.2, -0.15) is 4.31 Å². The first-order valence-corrected chi connectivity index (χ1v) is 17.9. The Morgan fingerprint density at radius 1 is 0.857 bits per heavy atom. The highest BCUT2D eigenvalue weighted by atomic mass is 79.9. The molecule has 2 saturated heterocycles. The number of alkyl halides is 2. The standard InChI is InChI=1S/C18H19NO2S.C11H12BrFO.C11H12O.CH4/c1-4-18(3)17(15-8-6-5-7-9-15)19(18)22(20,21)16-12-10-14(2)11-13-16;1-8-3-5-10(6-4-8)7-11(12,13)9(2)14;1-3-11(2)10(12-11)9-7-5-4-6-8-9;/h4-13,17H,1H2,2-3H3;3-6H,7H2,1-2H3;3-8,10H,1H2,2H3;1H4. The summed E-state index contributed by atoms with van der Waals surface area (Å²) in [5, 5.41) is 0. The molecule has 0 spiro atoms. The van der Waals surface area contributed by atoms with Crippen LogP contribution >= 0.6 is 15.9 Å². The SMILES string of the molecule is C.C=CC1(C)C(c2ccccc2)N1S(=O)(=O)c1ccc(C)cc1.C=CC1(C)OC1c1ccccc1.CC(=O)C(F)(Br)Cc1ccc(C)cc1. The Hall–Kier alpha value is -3.69. The van der Waals surface area contributed by atoms with E-state index in [0.717, 1.165) is 22.3 Å². The van der Waals surface area contributed by atoms with E-state index in [-0.39, 0.29) is 31.6 Å². The number of hydrogen-bond acceptors (Lipinski definition) is 4. The third kappa shape index (κ3) is 9.31. The molecule has 2 heterocycles. The third-order valence-electron chi connectivity index (χ3n) is 8.71. The van der Waals surface area contributed by atoms with Crippen LogP contribution < -0.4 is 0 Å². The van der Waals surface area contributed by atoms with Crippen molar-refractivity contribution in [2.45, 2.75) is 81.2 Å². The van der Waals surface area contributed by atoms with Crippen LogP contribution in [-0.4, -0.2) is 34.2 Å². The maximum Gasteiger partial charge on any atom is 0.244 e. The van der Waals surface area contributed by atoms with E-state index in [1.165, 1.54) is 16.8 Å². The Morgan fingerprint density at radius 3 is 1.76 bits per heavy atom. The van der Waals surface area contributed by atoms with Crippen molar-refractivity contribution in [3.05, 3.63) is 162 Å². The quantitative estimate of drug-likeness (QED) is 0.0971. The maximum absolute atomic E-state index is 13.6. The second-order valence-electron chi connectivity index (χ2n) is 12.6. The average molecular weight is 749 g/mol.